The molecule has 0 unspecified atom stereocenters. The minimum atomic E-state index is -4.86. The first kappa shape index (κ1) is 25.2. The number of likely N-dealkylation sites (N-methyl/N-ethyl adjacent to an activating group) is 1. The summed E-state index contributed by atoms with van der Waals surface area (Å²) in [4.78, 5) is 13.6. The number of carbonyl (C=O) groups is 1. The fourth-order valence-electron chi connectivity index (χ4n) is 2.69. The van der Waals surface area contributed by atoms with Gasteiger partial charge in [-0.05, 0) is 48.4 Å². The summed E-state index contributed by atoms with van der Waals surface area (Å²) in [5, 5.41) is 11.5. The van der Waals surface area contributed by atoms with E-state index < -0.39 is 27.8 Å². The lowest BCUT2D eigenvalue weighted by Gasteiger charge is -2.17. The van der Waals surface area contributed by atoms with Gasteiger partial charge in [0.25, 0.3) is 0 Å². The van der Waals surface area contributed by atoms with E-state index in [1.54, 1.807) is 19.2 Å². The van der Waals surface area contributed by atoms with Gasteiger partial charge in [0.15, 0.2) is 9.84 Å². The SMILES string of the molecule is CN(CCc1ccc(C#N)cc1)C(=O)CCNCS(=O)(=O)c1ccc(OC(F)(F)F)cc1. The zero-order valence-electron chi connectivity index (χ0n) is 17.2. The maximum atomic E-state index is 12.3. The van der Waals surface area contributed by atoms with Gasteiger partial charge in [-0.2, -0.15) is 5.26 Å². The Bertz CT molecular complexity index is 1050. The van der Waals surface area contributed by atoms with Gasteiger partial charge in [-0.15, -0.1) is 13.2 Å². The molecule has 0 aliphatic rings. The fraction of sp³-hybridized carbons (Fsp3) is 0.333. The Balaban J connectivity index is 1.75. The minimum Gasteiger partial charge on any atom is -0.406 e. The van der Waals surface area contributed by atoms with E-state index in [2.05, 4.69) is 10.1 Å². The molecule has 0 bridgehead atoms. The van der Waals surface area contributed by atoms with Crippen molar-refractivity contribution in [2.24, 2.45) is 0 Å². The maximum absolute atomic E-state index is 12.3. The van der Waals surface area contributed by atoms with Gasteiger partial charge in [-0.3, -0.25) is 4.79 Å². The molecule has 0 heterocycles. The number of alkyl halides is 3. The molecule has 2 aromatic carbocycles. The molecule has 7 nitrogen and oxygen atoms in total. The van der Waals surface area contributed by atoms with Gasteiger partial charge in [-0.1, -0.05) is 12.1 Å². The van der Waals surface area contributed by atoms with Crippen molar-refractivity contribution in [3.8, 4) is 11.8 Å². The Kier molecular flexibility index (Phi) is 8.63. The number of benzene rings is 2. The number of hydrogen-bond donors (Lipinski definition) is 1. The van der Waals surface area contributed by atoms with Crippen LogP contribution in [0.4, 0.5) is 13.2 Å². The highest BCUT2D eigenvalue weighted by molar-refractivity contribution is 7.91. The van der Waals surface area contributed by atoms with Gasteiger partial charge < -0.3 is 15.0 Å². The van der Waals surface area contributed by atoms with Gasteiger partial charge in [-0.25, -0.2) is 8.42 Å². The zero-order chi connectivity index (χ0) is 23.8. The van der Waals surface area contributed by atoms with E-state index in [1.807, 2.05) is 18.2 Å². The van der Waals surface area contributed by atoms with Crippen LogP contribution in [-0.4, -0.2) is 51.6 Å². The molecule has 32 heavy (non-hydrogen) atoms. The van der Waals surface area contributed by atoms with Crippen molar-refractivity contribution >= 4 is 15.7 Å². The maximum Gasteiger partial charge on any atom is 0.573 e. The summed E-state index contributed by atoms with van der Waals surface area (Å²) in [6.07, 6.45) is -4.16. The molecule has 0 saturated carbocycles. The smallest absolute Gasteiger partial charge is 0.406 e. The number of nitrogens with zero attached hydrogens (tertiary/aromatic N) is 2. The van der Waals surface area contributed by atoms with Gasteiger partial charge in [0.2, 0.25) is 5.91 Å². The quantitative estimate of drug-likeness (QED) is 0.538. The summed E-state index contributed by atoms with van der Waals surface area (Å²) in [5.74, 6) is -1.15. The van der Waals surface area contributed by atoms with Crippen molar-refractivity contribution < 1.29 is 31.1 Å². The van der Waals surface area contributed by atoms with Crippen LogP contribution in [-0.2, 0) is 21.1 Å². The van der Waals surface area contributed by atoms with E-state index in [-0.39, 0.29) is 23.8 Å². The lowest BCUT2D eigenvalue weighted by Crippen LogP contribution is -2.32. The van der Waals surface area contributed by atoms with Crippen molar-refractivity contribution in [3.63, 3.8) is 0 Å². The lowest BCUT2D eigenvalue weighted by molar-refractivity contribution is -0.274. The Labute approximate surface area is 184 Å². The Morgan fingerprint density at radius 1 is 1.12 bits per heavy atom. The van der Waals surface area contributed by atoms with Crippen molar-refractivity contribution in [1.29, 1.82) is 5.26 Å². The predicted molar refractivity (Wildman–Crippen MR) is 110 cm³/mol. The number of halogens is 3. The molecule has 11 heteroatoms. The fourth-order valence-corrected chi connectivity index (χ4v) is 3.82. The van der Waals surface area contributed by atoms with Crippen molar-refractivity contribution in [2.45, 2.75) is 24.1 Å². The molecule has 0 atom stereocenters. The topological polar surface area (TPSA) is 99.5 Å². The predicted octanol–water partition coefficient (Wildman–Crippen LogP) is 2.87. The lowest BCUT2D eigenvalue weighted by atomic mass is 10.1. The largest absolute Gasteiger partial charge is 0.573 e. The molecule has 0 aliphatic carbocycles. The normalized spacial score (nSPS) is 11.6. The first-order valence-electron chi connectivity index (χ1n) is 9.52. The number of nitrogens with one attached hydrogen (secondary N) is 1. The van der Waals surface area contributed by atoms with Crippen molar-refractivity contribution in [3.05, 3.63) is 59.7 Å². The number of ether oxygens (including phenoxy) is 1. The van der Waals surface area contributed by atoms with E-state index in [1.165, 1.54) is 4.90 Å². The highest BCUT2D eigenvalue weighted by Gasteiger charge is 2.31. The molecule has 1 N–H and O–H groups in total. The summed E-state index contributed by atoms with van der Waals surface area (Å²) >= 11 is 0. The van der Waals surface area contributed by atoms with Crippen LogP contribution in [0.25, 0.3) is 0 Å². The molecule has 0 saturated heterocycles. The van der Waals surface area contributed by atoms with Crippen LogP contribution >= 0.6 is 0 Å². The summed E-state index contributed by atoms with van der Waals surface area (Å²) in [6, 6.07) is 13.0. The monoisotopic (exact) mass is 469 g/mol. The first-order valence-corrected chi connectivity index (χ1v) is 11.2. The van der Waals surface area contributed by atoms with Crippen LogP contribution in [0.1, 0.15) is 17.5 Å². The Hall–Kier alpha value is -3.10. The third kappa shape index (κ3) is 8.20. The van der Waals surface area contributed by atoms with Crippen LogP contribution < -0.4 is 10.1 Å². The molecule has 2 rings (SSSR count). The number of carbonyl (C=O) groups excluding carboxylic acids is 1. The van der Waals surface area contributed by atoms with Gasteiger partial charge in [0.1, 0.15) is 11.6 Å². The summed E-state index contributed by atoms with van der Waals surface area (Å²) in [5.41, 5.74) is 1.55. The van der Waals surface area contributed by atoms with Crippen molar-refractivity contribution in [1.82, 2.24) is 10.2 Å². The van der Waals surface area contributed by atoms with E-state index in [4.69, 9.17) is 5.26 Å². The summed E-state index contributed by atoms with van der Waals surface area (Å²) in [6.45, 7) is 0.587. The molecule has 0 radical (unpaired) electrons. The Morgan fingerprint density at radius 3 is 2.31 bits per heavy atom. The molecular formula is C21H22F3N3O4S. The van der Waals surface area contributed by atoms with Crippen LogP contribution in [0.2, 0.25) is 0 Å². The first-order chi connectivity index (χ1) is 15.0. The highest BCUT2D eigenvalue weighted by atomic mass is 32.2. The van der Waals surface area contributed by atoms with E-state index >= 15 is 0 Å². The molecule has 172 valence electrons. The standard InChI is InChI=1S/C21H22F3N3O4S/c1-27(13-11-16-2-4-17(14-25)5-3-16)20(28)10-12-26-15-32(29,30)19-8-6-18(7-9-19)31-21(22,23)24/h2-9,26H,10-13,15H2,1H3. The van der Waals surface area contributed by atoms with Crippen LogP contribution in [0, 0.1) is 11.3 Å². The number of sulfone groups is 1. The molecule has 1 amide bonds. The molecule has 0 aromatic heterocycles. The Morgan fingerprint density at radius 2 is 1.75 bits per heavy atom. The van der Waals surface area contributed by atoms with Gasteiger partial charge in [0, 0.05) is 26.6 Å². The number of amides is 1. The molecule has 0 fully saturated rings. The summed E-state index contributed by atoms with van der Waals surface area (Å²) < 4.78 is 64.8. The molecular weight excluding hydrogens is 447 g/mol. The van der Waals surface area contributed by atoms with Crippen LogP contribution in [0.15, 0.2) is 53.4 Å². The zero-order valence-corrected chi connectivity index (χ0v) is 18.0. The summed E-state index contributed by atoms with van der Waals surface area (Å²) in [7, 11) is -2.14. The van der Waals surface area contributed by atoms with E-state index in [0.717, 1.165) is 29.8 Å². The number of nitriles is 1. The molecule has 0 aliphatic heterocycles. The van der Waals surface area contributed by atoms with Crippen LogP contribution in [0.3, 0.4) is 0 Å². The average molecular weight is 469 g/mol. The number of hydrogen-bond acceptors (Lipinski definition) is 6. The van der Waals surface area contributed by atoms with Crippen LogP contribution in [0.5, 0.6) is 5.75 Å². The van der Waals surface area contributed by atoms with E-state index in [9.17, 15) is 26.4 Å². The molecule has 0 spiro atoms. The van der Waals surface area contributed by atoms with E-state index in [0.29, 0.717) is 18.5 Å². The van der Waals surface area contributed by atoms with Gasteiger partial charge >= 0.3 is 6.36 Å². The van der Waals surface area contributed by atoms with Crippen molar-refractivity contribution in [2.75, 3.05) is 26.0 Å². The number of rotatable bonds is 10. The third-order valence-corrected chi connectivity index (χ3v) is 6.04. The average Bonchev–Trinajstić information content (AvgIpc) is 2.74. The highest BCUT2D eigenvalue weighted by Crippen LogP contribution is 2.24. The second-order valence-corrected chi connectivity index (χ2v) is 8.89. The minimum absolute atomic E-state index is 0.0811. The van der Waals surface area contributed by atoms with Gasteiger partial charge in [0.05, 0.1) is 16.5 Å². The molecule has 2 aromatic rings. The second-order valence-electron chi connectivity index (χ2n) is 6.90. The third-order valence-electron chi connectivity index (χ3n) is 4.47. The second kappa shape index (κ2) is 11.0.